The highest BCUT2D eigenvalue weighted by atomic mass is 32.1. The van der Waals surface area contributed by atoms with Gasteiger partial charge >= 0.3 is 11.9 Å². The number of hydrogen-bond acceptors (Lipinski definition) is 9. The van der Waals surface area contributed by atoms with E-state index in [4.69, 9.17) is 9.47 Å². The number of carbonyl (C=O) groups is 2. The van der Waals surface area contributed by atoms with Crippen LogP contribution in [-0.2, 0) is 9.63 Å². The van der Waals surface area contributed by atoms with Crippen molar-refractivity contribution >= 4 is 35.0 Å². The Morgan fingerprint density at radius 2 is 1.82 bits per heavy atom. The van der Waals surface area contributed by atoms with E-state index in [1.807, 2.05) is 0 Å². The van der Waals surface area contributed by atoms with Crippen LogP contribution in [0.5, 0.6) is 11.5 Å². The molecule has 0 unspecified atom stereocenters. The van der Waals surface area contributed by atoms with E-state index >= 15 is 0 Å². The van der Waals surface area contributed by atoms with Crippen molar-refractivity contribution in [1.82, 2.24) is 0 Å². The Morgan fingerprint density at radius 1 is 1.11 bits per heavy atom. The molecule has 2 aromatic carbocycles. The van der Waals surface area contributed by atoms with Crippen molar-refractivity contribution in [1.29, 1.82) is 0 Å². The molecule has 0 heterocycles. The molecule has 2 aromatic rings. The summed E-state index contributed by atoms with van der Waals surface area (Å²) >= 11 is 4.51. The second kappa shape index (κ2) is 10.5. The van der Waals surface area contributed by atoms with E-state index in [1.165, 1.54) is 24.3 Å². The van der Waals surface area contributed by atoms with E-state index in [2.05, 4.69) is 27.2 Å². The van der Waals surface area contributed by atoms with E-state index in [9.17, 15) is 19.7 Å². The third-order valence-corrected chi connectivity index (χ3v) is 3.37. The lowest BCUT2D eigenvalue weighted by Gasteiger charge is -2.10. The first-order valence-electron chi connectivity index (χ1n) is 7.96. The Bertz CT molecular complexity index is 908. The first kappa shape index (κ1) is 20.7. The smallest absolute Gasteiger partial charge is 0.347 e. The maximum Gasteiger partial charge on any atom is 0.347 e. The van der Waals surface area contributed by atoms with Crippen molar-refractivity contribution in [2.75, 3.05) is 6.61 Å². The highest BCUT2D eigenvalue weighted by Gasteiger charge is 2.17. The molecule has 0 fully saturated rings. The highest BCUT2D eigenvalue weighted by Crippen LogP contribution is 2.23. The lowest BCUT2D eigenvalue weighted by molar-refractivity contribution is -0.757. The van der Waals surface area contributed by atoms with Gasteiger partial charge in [0.05, 0.1) is 17.5 Å². The fraction of sp³-hybridized carbons (Fsp3) is 0.167. The number of isothiocyanates is 1. The number of ether oxygens (including phenoxy) is 2. The van der Waals surface area contributed by atoms with Crippen LogP contribution in [0.15, 0.2) is 53.5 Å². The molecule has 0 N–H and O–H groups in total. The Morgan fingerprint density at radius 3 is 2.50 bits per heavy atom. The molecular weight excluding hydrogens is 388 g/mol. The van der Waals surface area contributed by atoms with E-state index in [-0.39, 0.29) is 36.5 Å². The summed E-state index contributed by atoms with van der Waals surface area (Å²) in [5.41, 5.74) is 0.614. The molecule has 0 aliphatic rings. The van der Waals surface area contributed by atoms with E-state index < -0.39 is 17.0 Å². The quantitative estimate of drug-likeness (QED) is 0.119. The van der Waals surface area contributed by atoms with Crippen molar-refractivity contribution in [3.8, 4) is 11.5 Å². The molecule has 0 radical (unpaired) electrons. The summed E-state index contributed by atoms with van der Waals surface area (Å²) in [6, 6.07) is 12.3. The van der Waals surface area contributed by atoms with Gasteiger partial charge in [-0.2, -0.15) is 4.99 Å². The SMILES string of the molecule is O=C(CCCO[N+](=O)[O-])Oc1ccccc1C(=O)Oc1ccc(N=C=S)cc1. The van der Waals surface area contributed by atoms with Crippen molar-refractivity contribution in [3.05, 3.63) is 64.2 Å². The van der Waals surface area contributed by atoms with Crippen LogP contribution in [0.3, 0.4) is 0 Å². The Hall–Kier alpha value is -3.62. The maximum atomic E-state index is 12.4. The average Bonchev–Trinajstić information content (AvgIpc) is 2.67. The van der Waals surface area contributed by atoms with Gasteiger partial charge in [-0.3, -0.25) is 4.79 Å². The molecule has 2 rings (SSSR count). The fourth-order valence-electron chi connectivity index (χ4n) is 2.06. The van der Waals surface area contributed by atoms with Crippen molar-refractivity contribution in [2.24, 2.45) is 4.99 Å². The third kappa shape index (κ3) is 6.60. The first-order chi connectivity index (χ1) is 13.5. The van der Waals surface area contributed by atoms with Crippen LogP contribution in [-0.4, -0.2) is 28.8 Å². The largest absolute Gasteiger partial charge is 0.426 e. The highest BCUT2D eigenvalue weighted by molar-refractivity contribution is 7.78. The molecule has 0 spiro atoms. The number of carbonyl (C=O) groups excluding carboxylic acids is 2. The van der Waals surface area contributed by atoms with Crippen LogP contribution in [0.4, 0.5) is 5.69 Å². The van der Waals surface area contributed by atoms with Crippen LogP contribution in [0, 0.1) is 10.1 Å². The second-order valence-electron chi connectivity index (χ2n) is 5.22. The molecule has 0 bridgehead atoms. The number of rotatable bonds is 9. The number of para-hydroxylation sites is 1. The van der Waals surface area contributed by atoms with Crippen molar-refractivity contribution < 1.29 is 29.0 Å². The standard InChI is InChI=1S/C18H14N2O7S/c21-17(6-3-11-25-20(23)24)27-16-5-2-1-4-15(16)18(22)26-14-9-7-13(8-10-14)19-12-28/h1-2,4-5,7-10H,3,6,11H2. The Balaban J connectivity index is 1.99. The van der Waals surface area contributed by atoms with Gasteiger partial charge in [0.15, 0.2) is 0 Å². The summed E-state index contributed by atoms with van der Waals surface area (Å²) in [5.74, 6) is -1.08. The molecule has 28 heavy (non-hydrogen) atoms. The number of thiocarbonyl (C=S) groups is 1. The number of benzene rings is 2. The zero-order valence-electron chi connectivity index (χ0n) is 14.4. The summed E-state index contributed by atoms with van der Waals surface area (Å²) < 4.78 is 10.4. The molecule has 0 aliphatic carbocycles. The summed E-state index contributed by atoms with van der Waals surface area (Å²) in [4.78, 5) is 42.2. The number of nitrogens with zero attached hydrogens (tertiary/aromatic N) is 2. The van der Waals surface area contributed by atoms with Crippen LogP contribution in [0.2, 0.25) is 0 Å². The molecule has 0 saturated carbocycles. The van der Waals surface area contributed by atoms with E-state index in [0.717, 1.165) is 0 Å². The monoisotopic (exact) mass is 402 g/mol. The molecule has 0 saturated heterocycles. The molecule has 9 nitrogen and oxygen atoms in total. The zero-order chi connectivity index (χ0) is 20.4. The van der Waals surface area contributed by atoms with Crippen LogP contribution >= 0.6 is 12.2 Å². The van der Waals surface area contributed by atoms with Gasteiger partial charge in [-0.15, -0.1) is 10.1 Å². The first-order valence-corrected chi connectivity index (χ1v) is 8.37. The average molecular weight is 402 g/mol. The third-order valence-electron chi connectivity index (χ3n) is 3.27. The Kier molecular flexibility index (Phi) is 7.77. The van der Waals surface area contributed by atoms with Gasteiger partial charge in [0, 0.05) is 6.42 Å². The Labute approximate surface area is 164 Å². The predicted molar refractivity (Wildman–Crippen MR) is 100 cm³/mol. The van der Waals surface area contributed by atoms with Gasteiger partial charge in [0.1, 0.15) is 17.1 Å². The summed E-state index contributed by atoms with van der Waals surface area (Å²) in [5, 5.41) is 11.3. The molecule has 0 atom stereocenters. The van der Waals surface area contributed by atoms with Crippen molar-refractivity contribution in [3.63, 3.8) is 0 Å². The van der Waals surface area contributed by atoms with Gasteiger partial charge in [-0.25, -0.2) is 4.79 Å². The normalized spacial score (nSPS) is 9.71. The fourth-order valence-corrected chi connectivity index (χ4v) is 2.16. The number of aliphatic imine (C=N–C) groups is 1. The minimum absolute atomic E-state index is 0.0228. The van der Waals surface area contributed by atoms with Crippen molar-refractivity contribution in [2.45, 2.75) is 12.8 Å². The molecule has 0 aromatic heterocycles. The van der Waals surface area contributed by atoms with Crippen LogP contribution in [0.1, 0.15) is 23.2 Å². The predicted octanol–water partition coefficient (Wildman–Crippen LogP) is 3.53. The topological polar surface area (TPSA) is 117 Å². The molecule has 10 heteroatoms. The number of esters is 2. The van der Waals surface area contributed by atoms with E-state index in [1.54, 1.807) is 24.3 Å². The lowest BCUT2D eigenvalue weighted by atomic mass is 10.2. The van der Waals surface area contributed by atoms with Gasteiger partial charge in [0.25, 0.3) is 5.09 Å². The van der Waals surface area contributed by atoms with Gasteiger partial charge in [0.2, 0.25) is 0 Å². The maximum absolute atomic E-state index is 12.4. The minimum Gasteiger partial charge on any atom is -0.426 e. The van der Waals surface area contributed by atoms with E-state index in [0.29, 0.717) is 5.69 Å². The summed E-state index contributed by atoms with van der Waals surface area (Å²) in [6.45, 7) is -0.227. The summed E-state index contributed by atoms with van der Waals surface area (Å²) in [6.07, 6.45) is -0.0118. The summed E-state index contributed by atoms with van der Waals surface area (Å²) in [7, 11) is 0. The second-order valence-corrected chi connectivity index (χ2v) is 5.40. The number of hydrogen-bond donors (Lipinski definition) is 0. The van der Waals surface area contributed by atoms with Gasteiger partial charge < -0.3 is 14.3 Å². The molecule has 0 amide bonds. The van der Waals surface area contributed by atoms with Gasteiger partial charge in [-0.1, -0.05) is 12.1 Å². The minimum atomic E-state index is -0.940. The molecule has 0 aliphatic heterocycles. The van der Waals surface area contributed by atoms with Crippen LogP contribution in [0.25, 0.3) is 0 Å². The molecule has 144 valence electrons. The van der Waals surface area contributed by atoms with Crippen LogP contribution < -0.4 is 9.47 Å². The van der Waals surface area contributed by atoms with Gasteiger partial charge in [-0.05, 0) is 55.0 Å². The lowest BCUT2D eigenvalue weighted by Crippen LogP contribution is -2.15. The molecular formula is C18H14N2O7S. The zero-order valence-corrected chi connectivity index (χ0v) is 15.2.